The number of amides is 1. The highest BCUT2D eigenvalue weighted by atomic mass is 35.5. The summed E-state index contributed by atoms with van der Waals surface area (Å²) < 4.78 is 2.10. The molecule has 0 aliphatic rings. The number of Topliss-reactive ketones (excluding diaryl/α,β-unsaturated/α-hetero) is 1. The zero-order valence-corrected chi connectivity index (χ0v) is 20.7. The maximum Gasteiger partial charge on any atom is 0.217 e. The first-order valence-corrected chi connectivity index (χ1v) is 12.8. The highest BCUT2D eigenvalue weighted by molar-refractivity contribution is 7.99. The van der Waals surface area contributed by atoms with Gasteiger partial charge in [0.2, 0.25) is 5.91 Å². The maximum atomic E-state index is 12.7. The third-order valence-electron chi connectivity index (χ3n) is 4.83. The van der Waals surface area contributed by atoms with Crippen LogP contribution in [0.3, 0.4) is 0 Å². The van der Waals surface area contributed by atoms with Crippen molar-refractivity contribution in [3.63, 3.8) is 0 Å². The standard InChI is InChI=1S/C23H27ClN4O2S2/c1-3-4-5-6-13-28-22(17-7-9-18(24)10-8-17)26-27-23(28)31-15-20(30)21-12-11-19(32-21)14-25-16(2)29/h7-12H,3-6,13-15H2,1-2H3,(H,25,29). The maximum absolute atomic E-state index is 12.7. The molecule has 1 aromatic carbocycles. The largest absolute Gasteiger partial charge is 0.351 e. The number of thiophene rings is 1. The van der Waals surface area contributed by atoms with Gasteiger partial charge >= 0.3 is 0 Å². The first-order valence-electron chi connectivity index (χ1n) is 10.7. The molecule has 170 valence electrons. The average Bonchev–Trinajstić information content (AvgIpc) is 3.41. The smallest absolute Gasteiger partial charge is 0.217 e. The van der Waals surface area contributed by atoms with E-state index in [-0.39, 0.29) is 17.4 Å². The first-order chi connectivity index (χ1) is 15.5. The number of hydrogen-bond acceptors (Lipinski definition) is 6. The summed E-state index contributed by atoms with van der Waals surface area (Å²) in [7, 11) is 0. The molecular formula is C23H27ClN4O2S2. The summed E-state index contributed by atoms with van der Waals surface area (Å²) in [5.74, 6) is 1.04. The molecule has 0 saturated carbocycles. The van der Waals surface area contributed by atoms with Crippen molar-refractivity contribution < 1.29 is 9.59 Å². The molecule has 1 N–H and O–H groups in total. The number of benzene rings is 1. The monoisotopic (exact) mass is 490 g/mol. The van der Waals surface area contributed by atoms with E-state index in [1.807, 2.05) is 36.4 Å². The van der Waals surface area contributed by atoms with Crippen LogP contribution in [0.4, 0.5) is 0 Å². The van der Waals surface area contributed by atoms with Crippen molar-refractivity contribution >= 4 is 46.4 Å². The van der Waals surface area contributed by atoms with Gasteiger partial charge in [-0.2, -0.15) is 0 Å². The summed E-state index contributed by atoms with van der Waals surface area (Å²) in [5.41, 5.74) is 0.955. The molecule has 0 radical (unpaired) electrons. The topological polar surface area (TPSA) is 76.9 Å². The minimum atomic E-state index is -0.0865. The molecule has 0 spiro atoms. The van der Waals surface area contributed by atoms with E-state index >= 15 is 0 Å². The second kappa shape index (κ2) is 12.2. The number of carbonyl (C=O) groups is 2. The minimum Gasteiger partial charge on any atom is -0.351 e. The van der Waals surface area contributed by atoms with Gasteiger partial charge in [0, 0.05) is 28.9 Å². The van der Waals surface area contributed by atoms with Crippen molar-refractivity contribution in [1.29, 1.82) is 0 Å². The first kappa shape index (κ1) is 24.5. The molecule has 0 atom stereocenters. The molecule has 0 aliphatic carbocycles. The van der Waals surface area contributed by atoms with Gasteiger partial charge in [0.25, 0.3) is 0 Å². The molecule has 0 fully saturated rings. The Kier molecular flexibility index (Phi) is 9.32. The fourth-order valence-corrected chi connectivity index (χ4v) is 5.09. The van der Waals surface area contributed by atoms with Gasteiger partial charge in [-0.25, -0.2) is 0 Å². The lowest BCUT2D eigenvalue weighted by Gasteiger charge is -2.10. The minimum absolute atomic E-state index is 0.0441. The Hall–Kier alpha value is -2.16. The molecule has 3 rings (SSSR count). The van der Waals surface area contributed by atoms with Crippen LogP contribution in [0.15, 0.2) is 41.6 Å². The van der Waals surface area contributed by atoms with E-state index in [2.05, 4.69) is 27.0 Å². The third-order valence-corrected chi connectivity index (χ3v) is 7.18. The molecular weight excluding hydrogens is 464 g/mol. The van der Waals surface area contributed by atoms with Crippen molar-refractivity contribution in [2.24, 2.45) is 0 Å². The van der Waals surface area contributed by atoms with Crippen molar-refractivity contribution in [2.75, 3.05) is 5.75 Å². The second-order valence-corrected chi connectivity index (χ2v) is 9.96. The quantitative estimate of drug-likeness (QED) is 0.196. The Labute approximate surface area is 201 Å². The van der Waals surface area contributed by atoms with Crippen LogP contribution < -0.4 is 5.32 Å². The SMILES string of the molecule is CCCCCCn1c(SCC(=O)c2ccc(CNC(C)=O)s2)nnc1-c1ccc(Cl)cc1. The molecule has 2 aromatic heterocycles. The Balaban J connectivity index is 1.70. The van der Waals surface area contributed by atoms with Gasteiger partial charge < -0.3 is 9.88 Å². The summed E-state index contributed by atoms with van der Waals surface area (Å²) in [6.45, 7) is 4.92. The zero-order chi connectivity index (χ0) is 22.9. The van der Waals surface area contributed by atoms with Gasteiger partial charge in [0.15, 0.2) is 16.8 Å². The summed E-state index contributed by atoms with van der Waals surface area (Å²) in [6.07, 6.45) is 4.54. The van der Waals surface area contributed by atoms with Crippen LogP contribution in [0.25, 0.3) is 11.4 Å². The van der Waals surface area contributed by atoms with E-state index in [1.54, 1.807) is 0 Å². The number of nitrogens with one attached hydrogen (secondary N) is 1. The van der Waals surface area contributed by atoms with Crippen molar-refractivity contribution in [1.82, 2.24) is 20.1 Å². The number of rotatable bonds is 12. The fraction of sp³-hybridized carbons (Fsp3) is 0.391. The molecule has 0 saturated heterocycles. The van der Waals surface area contributed by atoms with Gasteiger partial charge in [-0.1, -0.05) is 49.5 Å². The lowest BCUT2D eigenvalue weighted by atomic mass is 10.2. The number of hydrogen-bond donors (Lipinski definition) is 1. The van der Waals surface area contributed by atoms with Crippen LogP contribution in [0.1, 0.15) is 54.1 Å². The van der Waals surface area contributed by atoms with Crippen LogP contribution in [-0.4, -0.2) is 32.2 Å². The van der Waals surface area contributed by atoms with Crippen LogP contribution in [0.2, 0.25) is 5.02 Å². The fourth-order valence-electron chi connectivity index (χ4n) is 3.14. The lowest BCUT2D eigenvalue weighted by Crippen LogP contribution is -2.18. The zero-order valence-electron chi connectivity index (χ0n) is 18.3. The number of aromatic nitrogens is 3. The molecule has 32 heavy (non-hydrogen) atoms. The Morgan fingerprint density at radius 3 is 2.59 bits per heavy atom. The van der Waals surface area contributed by atoms with E-state index in [9.17, 15) is 9.59 Å². The van der Waals surface area contributed by atoms with Gasteiger partial charge in [0.1, 0.15) is 0 Å². The highest BCUT2D eigenvalue weighted by Gasteiger charge is 2.17. The number of carbonyl (C=O) groups excluding carboxylic acids is 2. The van der Waals surface area contributed by atoms with E-state index in [1.165, 1.54) is 42.9 Å². The molecule has 9 heteroatoms. The Morgan fingerprint density at radius 2 is 1.88 bits per heavy atom. The van der Waals surface area contributed by atoms with Gasteiger partial charge in [-0.15, -0.1) is 21.5 Å². The number of thioether (sulfide) groups is 1. The Bertz CT molecular complexity index is 1050. The summed E-state index contributed by atoms with van der Waals surface area (Å²) in [5, 5.41) is 13.0. The molecule has 2 heterocycles. The molecule has 1 amide bonds. The van der Waals surface area contributed by atoms with Gasteiger partial charge in [-0.05, 0) is 42.8 Å². The highest BCUT2D eigenvalue weighted by Crippen LogP contribution is 2.27. The number of unbranched alkanes of at least 4 members (excludes halogenated alkanes) is 3. The van der Waals surface area contributed by atoms with Crippen LogP contribution >= 0.6 is 34.7 Å². The molecule has 0 aliphatic heterocycles. The third kappa shape index (κ3) is 6.92. The predicted octanol–water partition coefficient (Wildman–Crippen LogP) is 5.85. The van der Waals surface area contributed by atoms with E-state index in [0.717, 1.165) is 40.8 Å². The van der Waals surface area contributed by atoms with E-state index < -0.39 is 0 Å². The van der Waals surface area contributed by atoms with Gasteiger partial charge in [-0.3, -0.25) is 9.59 Å². The normalized spacial score (nSPS) is 11.0. The van der Waals surface area contributed by atoms with Crippen molar-refractivity contribution in [3.05, 3.63) is 51.2 Å². The Morgan fingerprint density at radius 1 is 1.09 bits per heavy atom. The van der Waals surface area contributed by atoms with E-state index in [4.69, 9.17) is 11.6 Å². The van der Waals surface area contributed by atoms with Crippen LogP contribution in [0.5, 0.6) is 0 Å². The second-order valence-electron chi connectivity index (χ2n) is 7.41. The van der Waals surface area contributed by atoms with E-state index in [0.29, 0.717) is 16.4 Å². The van der Waals surface area contributed by atoms with Crippen molar-refractivity contribution in [2.45, 2.75) is 57.8 Å². The molecule has 0 bridgehead atoms. The average molecular weight is 491 g/mol. The number of nitrogens with zero attached hydrogens (tertiary/aromatic N) is 3. The molecule has 0 unspecified atom stereocenters. The molecule has 3 aromatic rings. The summed E-state index contributed by atoms with van der Waals surface area (Å²) in [4.78, 5) is 25.4. The summed E-state index contributed by atoms with van der Waals surface area (Å²) >= 11 is 8.86. The summed E-state index contributed by atoms with van der Waals surface area (Å²) in [6, 6.07) is 11.3. The number of halogens is 1. The van der Waals surface area contributed by atoms with Gasteiger partial charge in [0.05, 0.1) is 17.2 Å². The number of ketones is 1. The van der Waals surface area contributed by atoms with Crippen LogP contribution in [-0.2, 0) is 17.9 Å². The molecule has 6 nitrogen and oxygen atoms in total. The van der Waals surface area contributed by atoms with Crippen LogP contribution in [0, 0.1) is 0 Å². The van der Waals surface area contributed by atoms with Crippen molar-refractivity contribution in [3.8, 4) is 11.4 Å². The predicted molar refractivity (Wildman–Crippen MR) is 132 cm³/mol. The lowest BCUT2D eigenvalue weighted by molar-refractivity contribution is -0.119.